The number of aryl methyl sites for hydroxylation is 1. The molecule has 3 rings (SSSR count). The number of carbonyl (C=O) groups is 2. The van der Waals surface area contributed by atoms with Gasteiger partial charge in [-0.15, -0.1) is 6.58 Å². The van der Waals surface area contributed by atoms with Gasteiger partial charge in [-0.05, 0) is 43.7 Å². The van der Waals surface area contributed by atoms with Crippen molar-refractivity contribution in [3.8, 4) is 11.5 Å². The van der Waals surface area contributed by atoms with Crippen LogP contribution in [0.3, 0.4) is 0 Å². The third-order valence-electron chi connectivity index (χ3n) is 4.39. The van der Waals surface area contributed by atoms with Gasteiger partial charge in [0.25, 0.3) is 0 Å². The van der Waals surface area contributed by atoms with Gasteiger partial charge in [0.2, 0.25) is 12.6 Å². The van der Waals surface area contributed by atoms with Crippen LogP contribution in [0, 0.1) is 13.8 Å². The fourth-order valence-corrected chi connectivity index (χ4v) is 3.28. The van der Waals surface area contributed by atoms with E-state index < -0.39 is 5.97 Å². The predicted octanol–water partition coefficient (Wildman–Crippen LogP) is 4.11. The van der Waals surface area contributed by atoms with Crippen molar-refractivity contribution in [3.63, 3.8) is 0 Å². The van der Waals surface area contributed by atoms with Crippen molar-refractivity contribution in [1.82, 2.24) is 4.57 Å². The highest BCUT2D eigenvalue weighted by atomic mass is 35.5. The van der Waals surface area contributed by atoms with Gasteiger partial charge < -0.3 is 18.8 Å². The van der Waals surface area contributed by atoms with Crippen molar-refractivity contribution in [2.75, 3.05) is 13.4 Å². The number of benzene rings is 1. The molecule has 0 N–H and O–H groups in total. The molecule has 0 amide bonds. The first-order valence-electron chi connectivity index (χ1n) is 8.65. The highest BCUT2D eigenvalue weighted by molar-refractivity contribution is 6.32. The Labute approximate surface area is 168 Å². The smallest absolute Gasteiger partial charge is 0.331 e. The largest absolute Gasteiger partial charge is 0.454 e. The molecule has 1 aliphatic heterocycles. The lowest BCUT2D eigenvalue weighted by atomic mass is 10.1. The van der Waals surface area contributed by atoms with Gasteiger partial charge in [0, 0.05) is 29.6 Å². The number of nitrogens with zero attached hydrogens (tertiary/aromatic N) is 1. The van der Waals surface area contributed by atoms with Gasteiger partial charge in [-0.2, -0.15) is 0 Å². The summed E-state index contributed by atoms with van der Waals surface area (Å²) in [5.41, 5.74) is 2.97. The van der Waals surface area contributed by atoms with E-state index in [2.05, 4.69) is 6.58 Å². The topological polar surface area (TPSA) is 66.8 Å². The molecular weight excluding hydrogens is 382 g/mol. The minimum Gasteiger partial charge on any atom is -0.454 e. The van der Waals surface area contributed by atoms with Crippen LogP contribution in [0.5, 0.6) is 11.5 Å². The molecule has 0 spiro atoms. The Hall–Kier alpha value is -2.99. The van der Waals surface area contributed by atoms with Crippen LogP contribution in [0.4, 0.5) is 0 Å². The number of hydrogen-bond acceptors (Lipinski definition) is 5. The lowest BCUT2D eigenvalue weighted by Crippen LogP contribution is -2.13. The van der Waals surface area contributed by atoms with Crippen LogP contribution >= 0.6 is 11.6 Å². The van der Waals surface area contributed by atoms with E-state index >= 15 is 0 Å². The van der Waals surface area contributed by atoms with Crippen molar-refractivity contribution in [3.05, 3.63) is 64.5 Å². The minimum atomic E-state index is -0.623. The number of carbonyl (C=O) groups excluding carboxylic acids is 2. The minimum absolute atomic E-state index is 0.111. The Kier molecular flexibility index (Phi) is 5.90. The summed E-state index contributed by atoms with van der Waals surface area (Å²) in [5.74, 6) is 0.130. The zero-order chi connectivity index (χ0) is 20.3. The Morgan fingerprint density at radius 3 is 2.82 bits per heavy atom. The number of allylic oxidation sites excluding steroid dienone is 1. The fraction of sp³-hybridized carbons (Fsp3) is 0.238. The number of rotatable bonds is 7. The predicted molar refractivity (Wildman–Crippen MR) is 106 cm³/mol. The van der Waals surface area contributed by atoms with Gasteiger partial charge >= 0.3 is 5.97 Å². The number of hydrogen-bond donors (Lipinski definition) is 0. The van der Waals surface area contributed by atoms with Crippen LogP contribution in [-0.2, 0) is 16.1 Å². The van der Waals surface area contributed by atoms with E-state index in [1.807, 2.05) is 18.4 Å². The molecular formula is C21H20ClNO5. The number of Topliss-reactive ketones (excluding diaryl/α,β-unsaturated/α-hetero) is 1. The molecule has 0 saturated heterocycles. The van der Waals surface area contributed by atoms with Crippen LogP contribution in [0.1, 0.15) is 27.3 Å². The average molecular weight is 402 g/mol. The maximum absolute atomic E-state index is 12.4. The molecule has 0 radical (unpaired) electrons. The van der Waals surface area contributed by atoms with E-state index in [1.54, 1.807) is 24.3 Å². The standard InChI is InChI=1S/C21H20ClNO5/c1-4-7-23-13(2)8-16(14(23)3)18(24)11-26-20(25)6-5-15-9-17(22)21-19(10-15)27-12-28-21/h4-6,8-10H,1,7,11-12H2,2-3H3/b6-5+. The number of halogens is 1. The van der Waals surface area contributed by atoms with Gasteiger partial charge in [-0.25, -0.2) is 4.79 Å². The van der Waals surface area contributed by atoms with E-state index in [9.17, 15) is 9.59 Å². The molecule has 2 heterocycles. The second kappa shape index (κ2) is 8.35. The molecule has 1 aromatic heterocycles. The van der Waals surface area contributed by atoms with Crippen LogP contribution < -0.4 is 9.47 Å². The molecule has 0 fully saturated rings. The van der Waals surface area contributed by atoms with Crippen LogP contribution in [0.25, 0.3) is 6.08 Å². The molecule has 0 aliphatic carbocycles. The van der Waals surface area contributed by atoms with Gasteiger partial charge in [-0.3, -0.25) is 4.79 Å². The van der Waals surface area contributed by atoms with Crippen LogP contribution in [0.15, 0.2) is 36.9 Å². The van der Waals surface area contributed by atoms with Gasteiger partial charge in [-0.1, -0.05) is 17.7 Å². The molecule has 0 unspecified atom stereocenters. The lowest BCUT2D eigenvalue weighted by molar-refractivity contribution is -0.136. The number of ketones is 1. The highest BCUT2D eigenvalue weighted by Gasteiger charge is 2.18. The zero-order valence-electron chi connectivity index (χ0n) is 15.7. The molecule has 7 heteroatoms. The summed E-state index contributed by atoms with van der Waals surface area (Å²) < 4.78 is 17.6. The maximum atomic E-state index is 12.4. The SMILES string of the molecule is C=CCn1c(C)cc(C(=O)COC(=O)/C=C/c2cc(Cl)c3c(c2)OCO3)c1C. The van der Waals surface area contributed by atoms with E-state index in [0.717, 1.165) is 11.4 Å². The van der Waals surface area contributed by atoms with E-state index in [4.69, 9.17) is 25.8 Å². The molecule has 1 aromatic carbocycles. The molecule has 2 aromatic rings. The molecule has 0 bridgehead atoms. The number of esters is 1. The first-order valence-corrected chi connectivity index (χ1v) is 9.03. The van der Waals surface area contributed by atoms with E-state index in [-0.39, 0.29) is 19.2 Å². The summed E-state index contributed by atoms with van der Waals surface area (Å²) in [6, 6.07) is 5.15. The van der Waals surface area contributed by atoms with E-state index in [1.165, 1.54) is 12.2 Å². The van der Waals surface area contributed by atoms with Crippen molar-refractivity contribution in [2.24, 2.45) is 0 Å². The summed E-state index contributed by atoms with van der Waals surface area (Å²) in [7, 11) is 0. The summed E-state index contributed by atoms with van der Waals surface area (Å²) in [6.45, 7) is 7.88. The van der Waals surface area contributed by atoms with Crippen molar-refractivity contribution < 1.29 is 23.8 Å². The molecule has 6 nitrogen and oxygen atoms in total. The first kappa shape index (κ1) is 19.8. The van der Waals surface area contributed by atoms with Gasteiger partial charge in [0.05, 0.1) is 5.02 Å². The highest BCUT2D eigenvalue weighted by Crippen LogP contribution is 2.40. The van der Waals surface area contributed by atoms with Gasteiger partial charge in [0.1, 0.15) is 0 Å². The molecule has 0 saturated carbocycles. The second-order valence-electron chi connectivity index (χ2n) is 6.28. The first-order chi connectivity index (χ1) is 13.4. The number of ether oxygens (including phenoxy) is 3. The normalized spacial score (nSPS) is 12.4. The lowest BCUT2D eigenvalue weighted by Gasteiger charge is -2.06. The van der Waals surface area contributed by atoms with Crippen LogP contribution in [0.2, 0.25) is 5.02 Å². The second-order valence-corrected chi connectivity index (χ2v) is 6.69. The zero-order valence-corrected chi connectivity index (χ0v) is 16.4. The number of fused-ring (bicyclic) bond motifs is 1. The Balaban J connectivity index is 1.61. The monoisotopic (exact) mass is 401 g/mol. The molecule has 1 aliphatic rings. The summed E-state index contributed by atoms with van der Waals surface area (Å²) in [4.78, 5) is 24.4. The summed E-state index contributed by atoms with van der Waals surface area (Å²) in [5, 5.41) is 0.396. The average Bonchev–Trinajstić information content (AvgIpc) is 3.25. The van der Waals surface area contributed by atoms with E-state index in [0.29, 0.717) is 34.2 Å². The van der Waals surface area contributed by atoms with Gasteiger partial charge in [0.15, 0.2) is 18.1 Å². The fourth-order valence-electron chi connectivity index (χ4n) is 3.00. The Morgan fingerprint density at radius 1 is 1.29 bits per heavy atom. The maximum Gasteiger partial charge on any atom is 0.331 e. The Bertz CT molecular complexity index is 974. The van der Waals surface area contributed by atoms with Crippen molar-refractivity contribution in [1.29, 1.82) is 0 Å². The van der Waals surface area contributed by atoms with Crippen LogP contribution in [-0.4, -0.2) is 29.7 Å². The third-order valence-corrected chi connectivity index (χ3v) is 4.67. The molecule has 28 heavy (non-hydrogen) atoms. The van der Waals surface area contributed by atoms with Crippen molar-refractivity contribution >= 4 is 29.4 Å². The quantitative estimate of drug-likeness (QED) is 0.302. The summed E-state index contributed by atoms with van der Waals surface area (Å²) >= 11 is 6.10. The number of aromatic nitrogens is 1. The Morgan fingerprint density at radius 2 is 2.07 bits per heavy atom. The molecule has 146 valence electrons. The van der Waals surface area contributed by atoms with Crippen molar-refractivity contribution in [2.45, 2.75) is 20.4 Å². The summed E-state index contributed by atoms with van der Waals surface area (Å²) in [6.07, 6.45) is 4.54. The third kappa shape index (κ3) is 4.12. The molecule has 0 atom stereocenters.